The molecule has 1 N–H and O–H groups in total. The van der Waals surface area contributed by atoms with Crippen molar-refractivity contribution in [1.29, 1.82) is 0 Å². The number of rotatable bonds is 2. The highest BCUT2D eigenvalue weighted by molar-refractivity contribution is 7.16. The fourth-order valence-electron chi connectivity index (χ4n) is 1.30. The summed E-state index contributed by atoms with van der Waals surface area (Å²) >= 11 is 1.89. The van der Waals surface area contributed by atoms with Crippen LogP contribution in [0.4, 0.5) is 5.00 Å². The van der Waals surface area contributed by atoms with E-state index in [-0.39, 0.29) is 0 Å². The molecular weight excluding hydrogens is 168 g/mol. The maximum atomic E-state index is 3.41. The molecule has 0 saturated carbocycles. The minimum atomic E-state index is 0.642. The summed E-state index contributed by atoms with van der Waals surface area (Å²) in [6.45, 7) is 1.18. The van der Waals surface area contributed by atoms with Crippen molar-refractivity contribution >= 4 is 16.3 Å². The Balaban J connectivity index is 2.12. The van der Waals surface area contributed by atoms with Crippen LogP contribution in [0.2, 0.25) is 0 Å². The van der Waals surface area contributed by atoms with Gasteiger partial charge in [0.25, 0.3) is 0 Å². The SMILES string of the molecule is CN(C)c1ccc([C@H]2CCN2)s1. The maximum Gasteiger partial charge on any atom is 0.0906 e. The summed E-state index contributed by atoms with van der Waals surface area (Å²) in [4.78, 5) is 3.64. The predicted molar refractivity (Wildman–Crippen MR) is 54.0 cm³/mol. The van der Waals surface area contributed by atoms with Crippen molar-refractivity contribution in [2.45, 2.75) is 12.5 Å². The fourth-order valence-corrected chi connectivity index (χ4v) is 2.34. The maximum absolute atomic E-state index is 3.41. The molecule has 1 aromatic heterocycles. The first kappa shape index (κ1) is 8.08. The van der Waals surface area contributed by atoms with Crippen LogP contribution in [-0.2, 0) is 0 Å². The van der Waals surface area contributed by atoms with Crippen LogP contribution in [0.3, 0.4) is 0 Å². The lowest BCUT2D eigenvalue weighted by Gasteiger charge is -2.26. The van der Waals surface area contributed by atoms with E-state index in [1.807, 2.05) is 11.3 Å². The van der Waals surface area contributed by atoms with Crippen molar-refractivity contribution in [2.75, 3.05) is 25.5 Å². The highest BCUT2D eigenvalue weighted by Crippen LogP contribution is 2.32. The minimum absolute atomic E-state index is 0.642. The first-order valence-corrected chi connectivity index (χ1v) is 5.09. The third-order valence-corrected chi connectivity index (χ3v) is 3.59. The van der Waals surface area contributed by atoms with Crippen molar-refractivity contribution in [1.82, 2.24) is 5.32 Å². The van der Waals surface area contributed by atoms with Crippen molar-refractivity contribution in [3.8, 4) is 0 Å². The predicted octanol–water partition coefficient (Wildman–Crippen LogP) is 1.85. The standard InChI is InChI=1S/C9H14N2S/c1-11(2)9-4-3-8(12-9)7-5-6-10-7/h3-4,7,10H,5-6H2,1-2H3/t7-/m1/s1. The second-order valence-electron chi connectivity index (χ2n) is 3.37. The summed E-state index contributed by atoms with van der Waals surface area (Å²) in [5, 5.41) is 4.75. The quantitative estimate of drug-likeness (QED) is 0.751. The zero-order valence-corrected chi connectivity index (χ0v) is 8.32. The molecule has 2 rings (SSSR count). The van der Waals surface area contributed by atoms with Gasteiger partial charge in [0.1, 0.15) is 0 Å². The molecule has 1 saturated heterocycles. The number of anilines is 1. The van der Waals surface area contributed by atoms with Gasteiger partial charge in [-0.15, -0.1) is 11.3 Å². The summed E-state index contributed by atoms with van der Waals surface area (Å²) in [5.74, 6) is 0. The van der Waals surface area contributed by atoms with Crippen LogP contribution in [0.5, 0.6) is 0 Å². The number of hydrogen-bond donors (Lipinski definition) is 1. The first-order chi connectivity index (χ1) is 5.77. The number of nitrogens with zero attached hydrogens (tertiary/aromatic N) is 1. The second-order valence-corrected chi connectivity index (χ2v) is 4.46. The van der Waals surface area contributed by atoms with Crippen LogP contribution < -0.4 is 10.2 Å². The molecule has 0 bridgehead atoms. The van der Waals surface area contributed by atoms with Gasteiger partial charge in [-0.25, -0.2) is 0 Å². The molecule has 0 radical (unpaired) electrons. The molecule has 1 aromatic rings. The molecule has 0 unspecified atom stereocenters. The Morgan fingerprint density at radius 1 is 1.50 bits per heavy atom. The van der Waals surface area contributed by atoms with E-state index in [0.717, 1.165) is 0 Å². The second kappa shape index (κ2) is 3.07. The zero-order valence-electron chi connectivity index (χ0n) is 7.50. The van der Waals surface area contributed by atoms with E-state index >= 15 is 0 Å². The topological polar surface area (TPSA) is 15.3 Å². The van der Waals surface area contributed by atoms with E-state index < -0.39 is 0 Å². The summed E-state index contributed by atoms with van der Waals surface area (Å²) in [5.41, 5.74) is 0. The number of thiophene rings is 1. The monoisotopic (exact) mass is 182 g/mol. The Morgan fingerprint density at radius 2 is 2.25 bits per heavy atom. The Kier molecular flexibility index (Phi) is 2.07. The van der Waals surface area contributed by atoms with E-state index in [0.29, 0.717) is 6.04 Å². The molecular formula is C9H14N2S. The van der Waals surface area contributed by atoms with Crippen LogP contribution in [0, 0.1) is 0 Å². The molecule has 1 atom stereocenters. The Labute approximate surface area is 77.2 Å². The van der Waals surface area contributed by atoms with Gasteiger partial charge in [-0.1, -0.05) is 0 Å². The molecule has 66 valence electrons. The average molecular weight is 182 g/mol. The summed E-state index contributed by atoms with van der Waals surface area (Å²) in [6.07, 6.45) is 1.30. The third kappa shape index (κ3) is 1.34. The van der Waals surface area contributed by atoms with Crippen molar-refractivity contribution < 1.29 is 0 Å². The molecule has 12 heavy (non-hydrogen) atoms. The van der Waals surface area contributed by atoms with E-state index in [1.165, 1.54) is 22.8 Å². The fraction of sp³-hybridized carbons (Fsp3) is 0.556. The van der Waals surface area contributed by atoms with Gasteiger partial charge in [0, 0.05) is 25.0 Å². The number of nitrogens with one attached hydrogen (secondary N) is 1. The summed E-state index contributed by atoms with van der Waals surface area (Å²) < 4.78 is 0. The minimum Gasteiger partial charge on any atom is -0.370 e. The molecule has 0 amide bonds. The highest BCUT2D eigenvalue weighted by atomic mass is 32.1. The normalized spacial score (nSPS) is 22.0. The lowest BCUT2D eigenvalue weighted by atomic mass is 10.1. The van der Waals surface area contributed by atoms with Gasteiger partial charge in [-0.3, -0.25) is 0 Å². The van der Waals surface area contributed by atoms with Gasteiger partial charge < -0.3 is 10.2 Å². The van der Waals surface area contributed by atoms with Gasteiger partial charge in [0.15, 0.2) is 0 Å². The molecule has 0 aromatic carbocycles. The first-order valence-electron chi connectivity index (χ1n) is 4.28. The average Bonchev–Trinajstić information content (AvgIpc) is 2.32. The van der Waals surface area contributed by atoms with Gasteiger partial charge in [0.2, 0.25) is 0 Å². The van der Waals surface area contributed by atoms with Crippen LogP contribution >= 0.6 is 11.3 Å². The molecule has 2 nitrogen and oxygen atoms in total. The van der Waals surface area contributed by atoms with Gasteiger partial charge in [-0.05, 0) is 25.1 Å². The molecule has 0 aliphatic carbocycles. The van der Waals surface area contributed by atoms with Gasteiger partial charge in [-0.2, -0.15) is 0 Å². The van der Waals surface area contributed by atoms with E-state index in [9.17, 15) is 0 Å². The van der Waals surface area contributed by atoms with Crippen LogP contribution in [0.15, 0.2) is 12.1 Å². The Morgan fingerprint density at radius 3 is 2.67 bits per heavy atom. The molecule has 0 spiro atoms. The van der Waals surface area contributed by atoms with E-state index in [2.05, 4.69) is 36.4 Å². The molecule has 2 heterocycles. The van der Waals surface area contributed by atoms with Crippen molar-refractivity contribution in [3.63, 3.8) is 0 Å². The van der Waals surface area contributed by atoms with E-state index in [1.54, 1.807) is 0 Å². The highest BCUT2D eigenvalue weighted by Gasteiger charge is 2.20. The molecule has 1 aliphatic heterocycles. The van der Waals surface area contributed by atoms with Gasteiger partial charge in [0.05, 0.1) is 5.00 Å². The van der Waals surface area contributed by atoms with E-state index in [4.69, 9.17) is 0 Å². The molecule has 1 fully saturated rings. The molecule has 3 heteroatoms. The Bertz CT molecular complexity index is 263. The van der Waals surface area contributed by atoms with Crippen LogP contribution in [-0.4, -0.2) is 20.6 Å². The Hall–Kier alpha value is -0.540. The molecule has 1 aliphatic rings. The van der Waals surface area contributed by atoms with Crippen molar-refractivity contribution in [2.24, 2.45) is 0 Å². The third-order valence-electron chi connectivity index (χ3n) is 2.22. The lowest BCUT2D eigenvalue weighted by molar-refractivity contribution is 0.389. The lowest BCUT2D eigenvalue weighted by Crippen LogP contribution is -2.34. The van der Waals surface area contributed by atoms with Crippen LogP contribution in [0.25, 0.3) is 0 Å². The summed E-state index contributed by atoms with van der Waals surface area (Å²) in [6, 6.07) is 5.07. The zero-order chi connectivity index (χ0) is 8.55. The summed E-state index contributed by atoms with van der Waals surface area (Å²) in [7, 11) is 4.17. The van der Waals surface area contributed by atoms with Crippen LogP contribution in [0.1, 0.15) is 17.3 Å². The number of hydrogen-bond acceptors (Lipinski definition) is 3. The van der Waals surface area contributed by atoms with Gasteiger partial charge >= 0.3 is 0 Å². The smallest absolute Gasteiger partial charge is 0.0906 e. The largest absolute Gasteiger partial charge is 0.370 e. The van der Waals surface area contributed by atoms with Crippen molar-refractivity contribution in [3.05, 3.63) is 17.0 Å².